The number of nitrogens with one attached hydrogen (secondary N) is 1. The van der Waals surface area contributed by atoms with Gasteiger partial charge < -0.3 is 14.9 Å². The van der Waals surface area contributed by atoms with Crippen LogP contribution >= 0.6 is 0 Å². The van der Waals surface area contributed by atoms with E-state index in [1.54, 1.807) is 0 Å². The number of nitrogens with zero attached hydrogens (tertiary/aromatic N) is 2. The maximum absolute atomic E-state index is 11.6. The zero-order valence-corrected chi connectivity index (χ0v) is 11.1. The molecule has 1 atom stereocenters. The monoisotopic (exact) mass is 289 g/mol. The van der Waals surface area contributed by atoms with Gasteiger partial charge in [0, 0.05) is 0 Å². The Hall–Kier alpha value is -2.51. The van der Waals surface area contributed by atoms with E-state index in [2.05, 4.69) is 15.3 Å². The summed E-state index contributed by atoms with van der Waals surface area (Å²) >= 11 is 0. The lowest BCUT2D eigenvalue weighted by Crippen LogP contribution is -2.15. The van der Waals surface area contributed by atoms with Crippen molar-refractivity contribution < 1.29 is 19.7 Å². The normalized spacial score (nSPS) is 11.7. The molecule has 0 saturated heterocycles. The average Bonchev–Trinajstić information content (AvgIpc) is 2.54. The van der Waals surface area contributed by atoms with Gasteiger partial charge in [-0.25, -0.2) is 14.8 Å². The molecule has 21 heavy (non-hydrogen) atoms. The van der Waals surface area contributed by atoms with Crippen LogP contribution < -0.4 is 5.32 Å². The first-order valence-electron chi connectivity index (χ1n) is 6.27. The maximum Gasteiger partial charge on any atom is 0.412 e. The number of carbonyl (C=O) groups is 1. The largest absolute Gasteiger partial charge is 0.444 e. The number of anilines is 1. The number of hydrogen-bond acceptors (Lipinski definition) is 6. The molecule has 0 bridgehead atoms. The molecular formula is C14H15N3O4. The summed E-state index contributed by atoms with van der Waals surface area (Å²) < 4.78 is 5.04. The Bertz CT molecular complexity index is 575. The predicted octanol–water partition coefficient (Wildman–Crippen LogP) is 1.25. The van der Waals surface area contributed by atoms with Gasteiger partial charge in [-0.3, -0.25) is 5.32 Å². The fourth-order valence-corrected chi connectivity index (χ4v) is 1.53. The second-order valence-electron chi connectivity index (χ2n) is 4.22. The van der Waals surface area contributed by atoms with E-state index in [0.717, 1.165) is 5.56 Å². The van der Waals surface area contributed by atoms with Gasteiger partial charge in [0.1, 0.15) is 12.7 Å². The lowest BCUT2D eigenvalue weighted by atomic mass is 10.2. The molecule has 0 unspecified atom stereocenters. The lowest BCUT2D eigenvalue weighted by molar-refractivity contribution is 0.0886. The Morgan fingerprint density at radius 2 is 1.90 bits per heavy atom. The van der Waals surface area contributed by atoms with E-state index in [9.17, 15) is 9.90 Å². The molecule has 0 aliphatic heterocycles. The Morgan fingerprint density at radius 3 is 2.52 bits per heavy atom. The number of aromatic nitrogens is 2. The average molecular weight is 289 g/mol. The molecule has 0 radical (unpaired) electrons. The molecule has 7 nitrogen and oxygen atoms in total. The van der Waals surface area contributed by atoms with Crippen LogP contribution in [-0.2, 0) is 11.3 Å². The van der Waals surface area contributed by atoms with Crippen LogP contribution in [0.15, 0.2) is 42.7 Å². The summed E-state index contributed by atoms with van der Waals surface area (Å²) in [5, 5.41) is 20.6. The van der Waals surface area contributed by atoms with Crippen LogP contribution in [0, 0.1) is 0 Å². The molecule has 0 saturated carbocycles. The number of amides is 1. The van der Waals surface area contributed by atoms with Crippen molar-refractivity contribution in [3.8, 4) is 0 Å². The molecule has 2 rings (SSSR count). The molecule has 0 aliphatic rings. The summed E-state index contributed by atoms with van der Waals surface area (Å²) in [4.78, 5) is 19.2. The third-order valence-corrected chi connectivity index (χ3v) is 2.60. The molecule has 1 aromatic carbocycles. The van der Waals surface area contributed by atoms with Crippen molar-refractivity contribution in [1.82, 2.24) is 9.97 Å². The summed E-state index contributed by atoms with van der Waals surface area (Å²) in [6, 6.07) is 9.29. The van der Waals surface area contributed by atoms with E-state index in [0.29, 0.717) is 5.69 Å². The first-order chi connectivity index (χ1) is 10.2. The SMILES string of the molecule is O=C(Nc1cnc([C@@H](O)CO)nc1)OCc1ccccc1. The molecule has 1 heterocycles. The Morgan fingerprint density at radius 1 is 1.24 bits per heavy atom. The van der Waals surface area contributed by atoms with Gasteiger partial charge in [-0.15, -0.1) is 0 Å². The van der Waals surface area contributed by atoms with Crippen LogP contribution in [-0.4, -0.2) is 32.9 Å². The number of aliphatic hydroxyl groups excluding tert-OH is 2. The second kappa shape index (κ2) is 7.32. The number of hydrogen-bond donors (Lipinski definition) is 3. The van der Waals surface area contributed by atoms with Crippen molar-refractivity contribution in [2.75, 3.05) is 11.9 Å². The van der Waals surface area contributed by atoms with E-state index in [1.807, 2.05) is 30.3 Å². The topological polar surface area (TPSA) is 105 Å². The summed E-state index contributed by atoms with van der Waals surface area (Å²) in [5.41, 5.74) is 1.22. The molecule has 1 aromatic heterocycles. The van der Waals surface area contributed by atoms with E-state index >= 15 is 0 Å². The van der Waals surface area contributed by atoms with Crippen molar-refractivity contribution in [1.29, 1.82) is 0 Å². The first-order valence-corrected chi connectivity index (χ1v) is 6.27. The summed E-state index contributed by atoms with van der Waals surface area (Å²) in [6.45, 7) is -0.305. The van der Waals surface area contributed by atoms with E-state index in [4.69, 9.17) is 9.84 Å². The van der Waals surface area contributed by atoms with Crippen LogP contribution in [0.5, 0.6) is 0 Å². The number of carbonyl (C=O) groups excluding carboxylic acids is 1. The van der Waals surface area contributed by atoms with Crippen LogP contribution in [0.25, 0.3) is 0 Å². The Kier molecular flexibility index (Phi) is 5.19. The first kappa shape index (κ1) is 14.9. The predicted molar refractivity (Wildman–Crippen MR) is 74.3 cm³/mol. The van der Waals surface area contributed by atoms with Crippen molar-refractivity contribution in [3.05, 3.63) is 54.1 Å². The van der Waals surface area contributed by atoms with Gasteiger partial charge in [0.05, 0.1) is 24.7 Å². The van der Waals surface area contributed by atoms with E-state index in [-0.39, 0.29) is 12.4 Å². The highest BCUT2D eigenvalue weighted by Crippen LogP contribution is 2.09. The van der Waals surface area contributed by atoms with Crippen LogP contribution in [0.4, 0.5) is 10.5 Å². The Labute approximate surface area is 121 Å². The zero-order valence-electron chi connectivity index (χ0n) is 11.1. The Balaban J connectivity index is 1.85. The minimum atomic E-state index is -1.14. The molecule has 0 spiro atoms. The molecular weight excluding hydrogens is 274 g/mol. The number of rotatable bonds is 5. The molecule has 7 heteroatoms. The van der Waals surface area contributed by atoms with E-state index in [1.165, 1.54) is 12.4 Å². The molecule has 1 amide bonds. The van der Waals surface area contributed by atoms with Gasteiger partial charge >= 0.3 is 6.09 Å². The minimum Gasteiger partial charge on any atom is -0.444 e. The fraction of sp³-hybridized carbons (Fsp3) is 0.214. The third-order valence-electron chi connectivity index (χ3n) is 2.60. The lowest BCUT2D eigenvalue weighted by Gasteiger charge is -2.08. The van der Waals surface area contributed by atoms with Gasteiger partial charge in [-0.2, -0.15) is 0 Å². The summed E-state index contributed by atoms with van der Waals surface area (Å²) in [5.74, 6) is 0.0840. The van der Waals surface area contributed by atoms with E-state index < -0.39 is 18.8 Å². The molecule has 0 aliphatic carbocycles. The van der Waals surface area contributed by atoms with Crippen LogP contribution in [0.1, 0.15) is 17.5 Å². The maximum atomic E-state index is 11.6. The highest BCUT2D eigenvalue weighted by Gasteiger charge is 2.10. The molecule has 0 fully saturated rings. The minimum absolute atomic E-state index is 0.0840. The van der Waals surface area contributed by atoms with Gasteiger partial charge in [0.2, 0.25) is 0 Å². The summed E-state index contributed by atoms with van der Waals surface area (Å²) in [6.07, 6.45) is 0.887. The zero-order chi connectivity index (χ0) is 15.1. The third kappa shape index (κ3) is 4.51. The number of benzene rings is 1. The highest BCUT2D eigenvalue weighted by atomic mass is 16.5. The number of aliphatic hydroxyl groups is 2. The molecule has 3 N–H and O–H groups in total. The van der Waals surface area contributed by atoms with Crippen molar-refractivity contribution in [2.24, 2.45) is 0 Å². The molecule has 2 aromatic rings. The smallest absolute Gasteiger partial charge is 0.412 e. The second-order valence-corrected chi connectivity index (χ2v) is 4.22. The van der Waals surface area contributed by atoms with Gasteiger partial charge in [0.15, 0.2) is 5.82 Å². The summed E-state index contributed by atoms with van der Waals surface area (Å²) in [7, 11) is 0. The highest BCUT2D eigenvalue weighted by molar-refractivity contribution is 5.83. The molecule has 110 valence electrons. The van der Waals surface area contributed by atoms with Crippen molar-refractivity contribution in [3.63, 3.8) is 0 Å². The van der Waals surface area contributed by atoms with Gasteiger partial charge in [0.25, 0.3) is 0 Å². The number of ether oxygens (including phenoxy) is 1. The van der Waals surface area contributed by atoms with Gasteiger partial charge in [-0.05, 0) is 5.56 Å². The standard InChI is InChI=1S/C14H15N3O4/c18-8-12(19)13-15-6-11(7-16-13)17-14(20)21-9-10-4-2-1-3-5-10/h1-7,12,18-19H,8-9H2,(H,17,20)/t12-/m0/s1. The van der Waals surface area contributed by atoms with Gasteiger partial charge in [-0.1, -0.05) is 30.3 Å². The van der Waals surface area contributed by atoms with Crippen LogP contribution in [0.2, 0.25) is 0 Å². The van der Waals surface area contributed by atoms with Crippen molar-refractivity contribution >= 4 is 11.8 Å². The fourth-order valence-electron chi connectivity index (χ4n) is 1.53. The van der Waals surface area contributed by atoms with Crippen molar-refractivity contribution in [2.45, 2.75) is 12.7 Å². The quantitative estimate of drug-likeness (QED) is 0.765. The van der Waals surface area contributed by atoms with Crippen LogP contribution in [0.3, 0.4) is 0 Å².